The second-order valence-electron chi connectivity index (χ2n) is 5.85. The van der Waals surface area contributed by atoms with E-state index in [4.69, 9.17) is 19.5 Å². The first kappa shape index (κ1) is 20.2. The molecule has 1 saturated heterocycles. The van der Waals surface area contributed by atoms with E-state index in [0.717, 1.165) is 0 Å². The summed E-state index contributed by atoms with van der Waals surface area (Å²) >= 11 is 0. The molecular weight excluding hydrogens is 382 g/mol. The van der Waals surface area contributed by atoms with Crippen LogP contribution < -0.4 is 4.74 Å². The molecule has 2 aromatic rings. The van der Waals surface area contributed by atoms with Crippen molar-refractivity contribution in [2.45, 2.75) is 6.10 Å². The molecule has 0 spiro atoms. The topological polar surface area (TPSA) is 88.9 Å². The maximum absolute atomic E-state index is 12.3. The Morgan fingerprint density at radius 1 is 1.00 bits per heavy atom. The second-order valence-corrected chi connectivity index (χ2v) is 5.85. The predicted molar refractivity (Wildman–Crippen MR) is 105 cm³/mol. The van der Waals surface area contributed by atoms with Crippen LogP contribution in [0, 0.1) is 11.3 Å². The summed E-state index contributed by atoms with van der Waals surface area (Å²) in [5, 5.41) is 8.81. The fourth-order valence-corrected chi connectivity index (χ4v) is 2.19. The molecule has 1 atom stereocenters. The number of ether oxygens (including phenoxy) is 3. The van der Waals surface area contributed by atoms with Crippen LogP contribution >= 0.6 is 0 Å². The van der Waals surface area contributed by atoms with E-state index >= 15 is 0 Å². The van der Waals surface area contributed by atoms with Crippen molar-refractivity contribution in [1.29, 1.82) is 5.26 Å². The summed E-state index contributed by atoms with van der Waals surface area (Å²) in [7, 11) is 0. The van der Waals surface area contributed by atoms with Gasteiger partial charge in [-0.25, -0.2) is 9.59 Å². The fourth-order valence-electron chi connectivity index (χ4n) is 2.19. The average molecular weight is 395 g/mol. The van der Waals surface area contributed by atoms with Gasteiger partial charge in [0, 0.05) is 5.56 Å². The molecule has 144 valence electrons. The van der Waals surface area contributed by atoms with Crippen molar-refractivity contribution in [3.63, 3.8) is 0 Å². The van der Waals surface area contributed by atoms with E-state index in [-0.39, 0.29) is 11.3 Å². The van der Waals surface area contributed by atoms with E-state index in [0.29, 0.717) is 23.5 Å². The molecule has 0 N–H and O–H groups in total. The molecule has 0 radical (unpaired) electrons. The van der Waals surface area contributed by atoms with Crippen molar-refractivity contribution in [3.8, 4) is 11.8 Å². The summed E-state index contributed by atoms with van der Waals surface area (Å²) in [6.07, 6.45) is -0.587. The van der Waals surface area contributed by atoms with E-state index in [9.17, 15) is 9.59 Å². The van der Waals surface area contributed by atoms with Gasteiger partial charge in [-0.15, -0.1) is 0 Å². The Bertz CT molecular complexity index is 1210. The Morgan fingerprint density at radius 3 is 2.27 bits per heavy atom. The van der Waals surface area contributed by atoms with Gasteiger partial charge in [0.25, 0.3) is 0 Å². The number of hydrogen-bond donors (Lipinski definition) is 0. The molecule has 6 nitrogen and oxygen atoms in total. The number of carbonyl (C=O) groups excluding carboxylic acids is 2. The third kappa shape index (κ3) is 5.49. The minimum atomic E-state index is -0.587. The molecule has 1 fully saturated rings. The zero-order valence-corrected chi connectivity index (χ0v) is 15.6. The SMILES string of the molecule is C=C=C=C=C=C=C(OC(=O)C1CO1)c1ccc(C(=O)Oc2ccc(C#N)cc2)cc1. The van der Waals surface area contributed by atoms with Crippen LogP contribution in [0.2, 0.25) is 0 Å². The van der Waals surface area contributed by atoms with Gasteiger partial charge in [0.05, 0.1) is 23.8 Å². The highest BCUT2D eigenvalue weighted by molar-refractivity contribution is 5.91. The number of hydrogen-bond acceptors (Lipinski definition) is 6. The molecule has 1 heterocycles. The van der Waals surface area contributed by atoms with E-state index < -0.39 is 18.0 Å². The van der Waals surface area contributed by atoms with Crippen LogP contribution in [0.4, 0.5) is 0 Å². The van der Waals surface area contributed by atoms with Gasteiger partial charge in [-0.1, -0.05) is 5.73 Å². The first-order valence-corrected chi connectivity index (χ1v) is 8.67. The quantitative estimate of drug-likeness (QED) is 0.253. The molecule has 0 amide bonds. The van der Waals surface area contributed by atoms with Gasteiger partial charge >= 0.3 is 11.9 Å². The Balaban J connectivity index is 1.81. The average Bonchev–Trinajstić information content (AvgIpc) is 3.62. The molecule has 0 saturated carbocycles. The molecular formula is C24H13NO5. The summed E-state index contributed by atoms with van der Waals surface area (Å²) in [6, 6.07) is 14.4. The van der Waals surface area contributed by atoms with Crippen molar-refractivity contribution in [3.05, 3.63) is 100 Å². The number of nitrogens with zero attached hydrogens (tertiary/aromatic N) is 1. The van der Waals surface area contributed by atoms with Crippen molar-refractivity contribution < 1.29 is 23.8 Å². The smallest absolute Gasteiger partial charge is 0.343 e. The third-order valence-corrected chi connectivity index (χ3v) is 3.77. The Hall–Kier alpha value is -4.53. The van der Waals surface area contributed by atoms with Gasteiger partial charge in [0.15, 0.2) is 11.9 Å². The normalized spacial score (nSPS) is 13.1. The minimum absolute atomic E-state index is 0.0841. The fraction of sp³-hybridized carbons (Fsp3) is 0.0833. The van der Waals surface area contributed by atoms with Crippen LogP contribution in [0.1, 0.15) is 21.5 Å². The molecule has 3 rings (SSSR count). The van der Waals surface area contributed by atoms with E-state index in [1.807, 2.05) is 6.07 Å². The lowest BCUT2D eigenvalue weighted by Crippen LogP contribution is -2.11. The highest BCUT2D eigenvalue weighted by Gasteiger charge is 2.34. The molecule has 2 aromatic carbocycles. The van der Waals surface area contributed by atoms with Gasteiger partial charge in [-0.2, -0.15) is 5.26 Å². The molecule has 1 aliphatic heterocycles. The number of epoxide rings is 1. The molecule has 6 heteroatoms. The standard InChI is InChI=1S/C24H13NO5/c1-2-3-4-5-6-21(30-24(27)22-16-28-22)18-9-11-19(12-10-18)23(26)29-20-13-7-17(15-25)8-14-20/h7-14,22H,1,16H2. The first-order valence-electron chi connectivity index (χ1n) is 8.67. The van der Waals surface area contributed by atoms with Gasteiger partial charge < -0.3 is 14.2 Å². The van der Waals surface area contributed by atoms with E-state index in [1.54, 1.807) is 24.3 Å². The van der Waals surface area contributed by atoms with Gasteiger partial charge in [-0.05, 0) is 78.0 Å². The maximum Gasteiger partial charge on any atom is 0.343 e. The number of nitriles is 1. The summed E-state index contributed by atoms with van der Waals surface area (Å²) < 4.78 is 15.5. The second kappa shape index (κ2) is 9.60. The molecule has 0 bridgehead atoms. The number of carbonyl (C=O) groups is 2. The molecule has 1 aliphatic rings. The lowest BCUT2D eigenvalue weighted by Gasteiger charge is -2.07. The zero-order chi connectivity index (χ0) is 21.3. The van der Waals surface area contributed by atoms with Gasteiger partial charge in [0.2, 0.25) is 0 Å². The monoisotopic (exact) mass is 395 g/mol. The van der Waals surface area contributed by atoms with E-state index in [2.05, 4.69) is 35.2 Å². The molecule has 0 aliphatic carbocycles. The van der Waals surface area contributed by atoms with Crippen LogP contribution in [-0.4, -0.2) is 24.6 Å². The van der Waals surface area contributed by atoms with Crippen LogP contribution in [0.15, 0.2) is 83.8 Å². The Morgan fingerprint density at radius 2 is 1.67 bits per heavy atom. The highest BCUT2D eigenvalue weighted by atomic mass is 16.6. The van der Waals surface area contributed by atoms with Crippen molar-refractivity contribution in [2.75, 3.05) is 6.61 Å². The molecule has 30 heavy (non-hydrogen) atoms. The van der Waals surface area contributed by atoms with Crippen LogP contribution in [-0.2, 0) is 14.3 Å². The lowest BCUT2D eigenvalue weighted by atomic mass is 10.1. The summed E-state index contributed by atoms with van der Waals surface area (Å²) in [5.41, 5.74) is 13.8. The number of rotatable bonds is 5. The van der Waals surface area contributed by atoms with Crippen molar-refractivity contribution >= 4 is 17.7 Å². The third-order valence-electron chi connectivity index (χ3n) is 3.77. The Labute approximate surface area is 172 Å². The van der Waals surface area contributed by atoms with Crippen molar-refractivity contribution in [1.82, 2.24) is 0 Å². The van der Waals surface area contributed by atoms with E-state index in [1.165, 1.54) is 24.3 Å². The number of esters is 2. The summed E-state index contributed by atoms with van der Waals surface area (Å²) in [4.78, 5) is 24.2. The highest BCUT2D eigenvalue weighted by Crippen LogP contribution is 2.21. The predicted octanol–water partition coefficient (Wildman–Crippen LogP) is 3.47. The van der Waals surface area contributed by atoms with Crippen LogP contribution in [0.5, 0.6) is 5.75 Å². The molecule has 1 unspecified atom stereocenters. The van der Waals surface area contributed by atoms with Gasteiger partial charge in [0.1, 0.15) is 5.75 Å². The largest absolute Gasteiger partial charge is 0.423 e. The maximum atomic E-state index is 12.3. The summed E-state index contributed by atoms with van der Waals surface area (Å²) in [6.45, 7) is 3.66. The number of benzene rings is 2. The van der Waals surface area contributed by atoms with Gasteiger partial charge in [-0.3, -0.25) is 0 Å². The van der Waals surface area contributed by atoms with Crippen molar-refractivity contribution in [2.24, 2.45) is 0 Å². The first-order chi connectivity index (χ1) is 14.6. The Kier molecular flexibility index (Phi) is 6.47. The minimum Gasteiger partial charge on any atom is -0.423 e. The van der Waals surface area contributed by atoms with Crippen LogP contribution in [0.25, 0.3) is 5.76 Å². The molecule has 0 aromatic heterocycles. The zero-order valence-electron chi connectivity index (χ0n) is 15.6. The van der Waals surface area contributed by atoms with Crippen LogP contribution in [0.3, 0.4) is 0 Å². The summed E-state index contributed by atoms with van der Waals surface area (Å²) in [5.74, 6) is -0.723. The lowest BCUT2D eigenvalue weighted by molar-refractivity contribution is -0.138.